The molecule has 0 saturated heterocycles. The highest BCUT2D eigenvalue weighted by Gasteiger charge is 2.08. The summed E-state index contributed by atoms with van der Waals surface area (Å²) in [5.41, 5.74) is 2.38. The minimum absolute atomic E-state index is 0.0309. The quantitative estimate of drug-likeness (QED) is 0.549. The van der Waals surface area contributed by atoms with Crippen LogP contribution in [-0.2, 0) is 6.54 Å². The molecule has 0 aliphatic heterocycles. The molecule has 0 radical (unpaired) electrons. The molecule has 22 heavy (non-hydrogen) atoms. The molecule has 0 unspecified atom stereocenters. The lowest BCUT2D eigenvalue weighted by molar-refractivity contribution is -0.384. The van der Waals surface area contributed by atoms with E-state index in [-0.39, 0.29) is 11.2 Å². The van der Waals surface area contributed by atoms with Gasteiger partial charge in [0, 0.05) is 12.1 Å². The number of para-hydroxylation sites is 1. The van der Waals surface area contributed by atoms with Gasteiger partial charge in [-0.3, -0.25) is 19.5 Å². The molecule has 0 aliphatic rings. The van der Waals surface area contributed by atoms with Crippen molar-refractivity contribution in [2.24, 2.45) is 0 Å². The summed E-state index contributed by atoms with van der Waals surface area (Å²) in [6.45, 7) is 2.24. The Bertz CT molecular complexity index is 914. The Labute approximate surface area is 125 Å². The van der Waals surface area contributed by atoms with Crippen molar-refractivity contribution in [3.63, 3.8) is 0 Å². The Balaban J connectivity index is 1.99. The van der Waals surface area contributed by atoms with Crippen molar-refractivity contribution in [2.45, 2.75) is 13.5 Å². The highest BCUT2D eigenvalue weighted by atomic mass is 16.6. The van der Waals surface area contributed by atoms with Crippen molar-refractivity contribution in [3.8, 4) is 0 Å². The first-order valence-corrected chi connectivity index (χ1v) is 6.74. The average molecular weight is 295 g/mol. The number of fused-ring (bicyclic) bond motifs is 1. The Kier molecular flexibility index (Phi) is 3.42. The second-order valence-electron chi connectivity index (χ2n) is 5.07. The van der Waals surface area contributed by atoms with Crippen LogP contribution in [0.2, 0.25) is 0 Å². The smallest absolute Gasteiger partial charge is 0.269 e. The zero-order valence-electron chi connectivity index (χ0n) is 11.9. The van der Waals surface area contributed by atoms with Crippen molar-refractivity contribution in [1.82, 2.24) is 9.55 Å². The monoisotopic (exact) mass is 295 g/mol. The largest absolute Gasteiger partial charge is 0.294 e. The molecule has 1 aromatic heterocycles. The third-order valence-electron chi connectivity index (χ3n) is 3.56. The first-order valence-electron chi connectivity index (χ1n) is 6.74. The Morgan fingerprint density at radius 3 is 2.59 bits per heavy atom. The molecule has 1 heterocycles. The lowest BCUT2D eigenvalue weighted by Gasteiger charge is -2.07. The first kappa shape index (κ1) is 13.9. The fraction of sp³-hybridized carbons (Fsp3) is 0.125. The van der Waals surface area contributed by atoms with Gasteiger partial charge in [-0.25, -0.2) is 4.98 Å². The summed E-state index contributed by atoms with van der Waals surface area (Å²) < 4.78 is 1.50. The zero-order valence-corrected chi connectivity index (χ0v) is 11.9. The molecule has 0 amide bonds. The molecule has 6 nitrogen and oxygen atoms in total. The van der Waals surface area contributed by atoms with E-state index in [0.717, 1.165) is 11.1 Å². The molecule has 6 heteroatoms. The van der Waals surface area contributed by atoms with E-state index in [1.165, 1.54) is 23.0 Å². The highest BCUT2D eigenvalue weighted by Crippen LogP contribution is 2.14. The number of non-ortho nitro benzene ring substituents is 1. The van der Waals surface area contributed by atoms with E-state index in [2.05, 4.69) is 4.98 Å². The maximum atomic E-state index is 12.5. The highest BCUT2D eigenvalue weighted by molar-refractivity contribution is 5.80. The average Bonchev–Trinajstić information content (AvgIpc) is 2.51. The first-order chi connectivity index (χ1) is 10.6. The molecule has 110 valence electrons. The van der Waals surface area contributed by atoms with Crippen molar-refractivity contribution < 1.29 is 4.92 Å². The van der Waals surface area contributed by atoms with Gasteiger partial charge in [-0.1, -0.05) is 24.3 Å². The lowest BCUT2D eigenvalue weighted by Crippen LogP contribution is -2.21. The van der Waals surface area contributed by atoms with Gasteiger partial charge in [-0.2, -0.15) is 0 Å². The van der Waals surface area contributed by atoms with Crippen LogP contribution in [0.1, 0.15) is 11.1 Å². The van der Waals surface area contributed by atoms with Gasteiger partial charge in [0.05, 0.1) is 28.7 Å². The number of hydrogen-bond acceptors (Lipinski definition) is 4. The summed E-state index contributed by atoms with van der Waals surface area (Å²) in [6.07, 6.45) is 1.51. The summed E-state index contributed by atoms with van der Waals surface area (Å²) >= 11 is 0. The maximum absolute atomic E-state index is 12.5. The number of benzene rings is 2. The van der Waals surface area contributed by atoms with E-state index in [1.54, 1.807) is 18.2 Å². The van der Waals surface area contributed by atoms with Crippen molar-refractivity contribution in [3.05, 3.63) is 80.4 Å². The van der Waals surface area contributed by atoms with Gasteiger partial charge in [0.25, 0.3) is 11.2 Å². The van der Waals surface area contributed by atoms with Crippen LogP contribution in [0.5, 0.6) is 0 Å². The number of aryl methyl sites for hydroxylation is 1. The Hall–Kier alpha value is -3.02. The Morgan fingerprint density at radius 1 is 1.18 bits per heavy atom. The van der Waals surface area contributed by atoms with Crippen molar-refractivity contribution >= 4 is 16.6 Å². The van der Waals surface area contributed by atoms with E-state index in [4.69, 9.17) is 0 Å². The zero-order chi connectivity index (χ0) is 15.7. The van der Waals surface area contributed by atoms with E-state index in [0.29, 0.717) is 17.4 Å². The molecule has 0 saturated carbocycles. The molecule has 0 fully saturated rings. The van der Waals surface area contributed by atoms with Gasteiger partial charge in [-0.05, 0) is 24.1 Å². The molecule has 2 aromatic carbocycles. The molecule has 0 aliphatic carbocycles. The topological polar surface area (TPSA) is 78.0 Å². The van der Waals surface area contributed by atoms with Gasteiger partial charge >= 0.3 is 0 Å². The van der Waals surface area contributed by atoms with Crippen molar-refractivity contribution in [2.75, 3.05) is 0 Å². The normalized spacial score (nSPS) is 10.8. The number of nitro groups is 1. The summed E-state index contributed by atoms with van der Waals surface area (Å²) in [6, 6.07) is 11.6. The van der Waals surface area contributed by atoms with Gasteiger partial charge in [-0.15, -0.1) is 0 Å². The minimum Gasteiger partial charge on any atom is -0.294 e. The molecule has 0 atom stereocenters. The minimum atomic E-state index is -0.448. The number of nitrogens with zero attached hydrogens (tertiary/aromatic N) is 3. The summed E-state index contributed by atoms with van der Waals surface area (Å²) in [4.78, 5) is 27.0. The van der Waals surface area contributed by atoms with Gasteiger partial charge < -0.3 is 0 Å². The van der Waals surface area contributed by atoms with Crippen LogP contribution in [0, 0.1) is 17.0 Å². The fourth-order valence-corrected chi connectivity index (χ4v) is 2.37. The fourth-order valence-electron chi connectivity index (χ4n) is 2.37. The van der Waals surface area contributed by atoms with E-state index in [9.17, 15) is 14.9 Å². The van der Waals surface area contributed by atoms with Crippen LogP contribution < -0.4 is 5.56 Å². The molecular weight excluding hydrogens is 282 g/mol. The third-order valence-corrected chi connectivity index (χ3v) is 3.56. The summed E-state index contributed by atoms with van der Waals surface area (Å²) in [5, 5.41) is 11.2. The lowest BCUT2D eigenvalue weighted by atomic mass is 10.1. The maximum Gasteiger partial charge on any atom is 0.269 e. The molecule has 3 rings (SSSR count). The number of aromatic nitrogens is 2. The van der Waals surface area contributed by atoms with E-state index in [1.807, 2.05) is 19.1 Å². The number of nitro benzene ring substituents is 1. The Morgan fingerprint density at radius 2 is 1.91 bits per heavy atom. The predicted molar refractivity (Wildman–Crippen MR) is 82.9 cm³/mol. The second-order valence-corrected chi connectivity index (χ2v) is 5.07. The van der Waals surface area contributed by atoms with Gasteiger partial charge in [0.15, 0.2) is 0 Å². The number of hydrogen-bond donors (Lipinski definition) is 0. The van der Waals surface area contributed by atoms with Crippen molar-refractivity contribution in [1.29, 1.82) is 0 Å². The second kappa shape index (κ2) is 5.40. The van der Waals surface area contributed by atoms with Crippen LogP contribution in [-0.4, -0.2) is 14.5 Å². The van der Waals surface area contributed by atoms with Crippen LogP contribution >= 0.6 is 0 Å². The summed E-state index contributed by atoms with van der Waals surface area (Å²) in [5.74, 6) is 0. The standard InChI is InChI=1S/C16H13N3O3/c1-11-3-2-4-14-15(11)17-10-18(16(14)20)9-12-5-7-13(8-6-12)19(21)22/h2-8,10H,9H2,1H3. The number of rotatable bonds is 3. The molecule has 0 N–H and O–H groups in total. The predicted octanol–water partition coefficient (Wildman–Crippen LogP) is 2.66. The SMILES string of the molecule is Cc1cccc2c(=O)n(Cc3ccc([N+](=O)[O-])cc3)cnc12. The van der Waals surface area contributed by atoms with Crippen LogP contribution in [0.25, 0.3) is 10.9 Å². The molecule has 3 aromatic rings. The van der Waals surface area contributed by atoms with E-state index < -0.39 is 4.92 Å². The van der Waals surface area contributed by atoms with Gasteiger partial charge in [0.2, 0.25) is 0 Å². The third kappa shape index (κ3) is 2.46. The van der Waals surface area contributed by atoms with Crippen LogP contribution in [0.4, 0.5) is 5.69 Å². The van der Waals surface area contributed by atoms with Crippen LogP contribution in [0.15, 0.2) is 53.6 Å². The summed E-state index contributed by atoms with van der Waals surface area (Å²) in [7, 11) is 0. The van der Waals surface area contributed by atoms with E-state index >= 15 is 0 Å². The molecular formula is C16H13N3O3. The van der Waals surface area contributed by atoms with Crippen LogP contribution in [0.3, 0.4) is 0 Å². The molecule has 0 spiro atoms. The van der Waals surface area contributed by atoms with Gasteiger partial charge in [0.1, 0.15) is 0 Å². The molecule has 0 bridgehead atoms.